The van der Waals surface area contributed by atoms with Crippen molar-refractivity contribution in [2.75, 3.05) is 18.0 Å². The van der Waals surface area contributed by atoms with Gasteiger partial charge in [0.15, 0.2) is 0 Å². The molecule has 2 amide bonds. The highest BCUT2D eigenvalue weighted by atomic mass is 32.1. The van der Waals surface area contributed by atoms with Crippen LogP contribution in [-0.2, 0) is 9.59 Å². The van der Waals surface area contributed by atoms with Crippen LogP contribution in [-0.4, -0.2) is 56.1 Å². The highest BCUT2D eigenvalue weighted by molar-refractivity contribution is 7.13. The predicted molar refractivity (Wildman–Crippen MR) is 113 cm³/mol. The molecule has 1 aromatic carbocycles. The van der Waals surface area contributed by atoms with E-state index in [0.717, 1.165) is 36.4 Å². The highest BCUT2D eigenvalue weighted by Crippen LogP contribution is 2.30. The fourth-order valence-electron chi connectivity index (χ4n) is 4.25. The van der Waals surface area contributed by atoms with E-state index in [9.17, 15) is 9.59 Å². The van der Waals surface area contributed by atoms with Crippen molar-refractivity contribution < 1.29 is 9.59 Å². The Hall–Kier alpha value is -2.91. The molecule has 5 rings (SSSR count). The number of anilines is 1. The minimum Gasteiger partial charge on any atom is -0.291 e. The van der Waals surface area contributed by atoms with Crippen LogP contribution < -0.4 is 4.90 Å². The van der Waals surface area contributed by atoms with E-state index in [1.807, 2.05) is 48.7 Å². The van der Waals surface area contributed by atoms with Gasteiger partial charge in [-0.2, -0.15) is 4.80 Å². The van der Waals surface area contributed by atoms with E-state index in [0.29, 0.717) is 11.5 Å². The van der Waals surface area contributed by atoms with Crippen molar-refractivity contribution in [1.82, 2.24) is 25.1 Å². The number of benzene rings is 1. The second-order valence-corrected chi connectivity index (χ2v) is 8.75. The molecular formula is C21H22N6O2S. The van der Waals surface area contributed by atoms with E-state index in [1.54, 1.807) is 16.1 Å². The Kier molecular flexibility index (Phi) is 4.92. The van der Waals surface area contributed by atoms with Gasteiger partial charge in [0.1, 0.15) is 0 Å². The van der Waals surface area contributed by atoms with Crippen molar-refractivity contribution in [1.29, 1.82) is 0 Å². The third kappa shape index (κ3) is 3.44. The molecule has 2 aromatic heterocycles. The number of hydrogen-bond donors (Lipinski definition) is 0. The summed E-state index contributed by atoms with van der Waals surface area (Å²) in [4.78, 5) is 31.8. The number of piperidine rings is 1. The van der Waals surface area contributed by atoms with E-state index < -0.39 is 0 Å². The van der Waals surface area contributed by atoms with E-state index in [4.69, 9.17) is 0 Å². The number of aryl methyl sites for hydroxylation is 1. The summed E-state index contributed by atoms with van der Waals surface area (Å²) in [6, 6.07) is 11.3. The van der Waals surface area contributed by atoms with Crippen molar-refractivity contribution in [2.24, 2.45) is 0 Å². The van der Waals surface area contributed by atoms with Gasteiger partial charge >= 0.3 is 0 Å². The minimum atomic E-state index is -0.385. The Morgan fingerprint density at radius 3 is 2.67 bits per heavy atom. The third-order valence-electron chi connectivity index (χ3n) is 5.82. The first-order valence-electron chi connectivity index (χ1n) is 10.1. The summed E-state index contributed by atoms with van der Waals surface area (Å²) in [6.07, 6.45) is 1.88. The van der Waals surface area contributed by atoms with Crippen LogP contribution in [0.5, 0.6) is 0 Å². The second kappa shape index (κ2) is 7.73. The minimum absolute atomic E-state index is 0.122. The molecule has 0 saturated carbocycles. The van der Waals surface area contributed by atoms with Gasteiger partial charge in [-0.3, -0.25) is 14.5 Å². The zero-order chi connectivity index (χ0) is 20.7. The number of amides is 2. The second-order valence-electron chi connectivity index (χ2n) is 7.80. The smallest absolute Gasteiger partial charge is 0.251 e. The van der Waals surface area contributed by atoms with Gasteiger partial charge in [-0.15, -0.1) is 21.5 Å². The molecule has 2 fully saturated rings. The Morgan fingerprint density at radius 1 is 1.10 bits per heavy atom. The van der Waals surface area contributed by atoms with Crippen molar-refractivity contribution in [3.8, 4) is 10.7 Å². The molecule has 0 unspecified atom stereocenters. The SMILES string of the molecule is Cc1cccc(N2C(=O)C[C@H](N3CCC(n4nnc(-c5cccs5)n4)CC3)C2=O)c1. The van der Waals surface area contributed by atoms with Gasteiger partial charge in [0, 0.05) is 13.1 Å². The first kappa shape index (κ1) is 19.1. The molecule has 0 N–H and O–H groups in total. The number of carbonyl (C=O) groups is 2. The maximum atomic E-state index is 13.0. The molecule has 0 spiro atoms. The highest BCUT2D eigenvalue weighted by Gasteiger charge is 2.43. The first-order valence-corrected chi connectivity index (χ1v) is 11.0. The van der Waals surface area contributed by atoms with Crippen LogP contribution >= 0.6 is 11.3 Å². The van der Waals surface area contributed by atoms with Crippen LogP contribution in [0, 0.1) is 6.92 Å². The summed E-state index contributed by atoms with van der Waals surface area (Å²) >= 11 is 1.59. The lowest BCUT2D eigenvalue weighted by atomic mass is 10.0. The van der Waals surface area contributed by atoms with Crippen LogP contribution in [0.4, 0.5) is 5.69 Å². The molecule has 2 aliphatic rings. The molecule has 2 saturated heterocycles. The van der Waals surface area contributed by atoms with Gasteiger partial charge in [0.2, 0.25) is 11.7 Å². The molecule has 8 nitrogen and oxygen atoms in total. The fourth-order valence-corrected chi connectivity index (χ4v) is 4.90. The molecule has 1 atom stereocenters. The molecule has 2 aliphatic heterocycles. The summed E-state index contributed by atoms with van der Waals surface area (Å²) < 4.78 is 0. The van der Waals surface area contributed by atoms with Gasteiger partial charge in [-0.05, 0) is 54.1 Å². The van der Waals surface area contributed by atoms with Crippen molar-refractivity contribution in [3.05, 3.63) is 47.3 Å². The Balaban J connectivity index is 1.25. The Bertz CT molecular complexity index is 1070. The number of carbonyl (C=O) groups excluding carboxylic acids is 2. The van der Waals surface area contributed by atoms with Crippen molar-refractivity contribution >= 4 is 28.8 Å². The van der Waals surface area contributed by atoms with Gasteiger partial charge in [0.05, 0.1) is 29.1 Å². The summed E-state index contributed by atoms with van der Waals surface area (Å²) in [6.45, 7) is 3.41. The van der Waals surface area contributed by atoms with Gasteiger partial charge in [-0.25, -0.2) is 4.90 Å². The van der Waals surface area contributed by atoms with Crippen LogP contribution in [0.25, 0.3) is 10.7 Å². The lowest BCUT2D eigenvalue weighted by molar-refractivity contribution is -0.123. The zero-order valence-corrected chi connectivity index (χ0v) is 17.5. The van der Waals surface area contributed by atoms with Crippen LogP contribution in [0.15, 0.2) is 41.8 Å². The first-order chi connectivity index (χ1) is 14.6. The van der Waals surface area contributed by atoms with Gasteiger partial charge in [0.25, 0.3) is 5.91 Å². The maximum absolute atomic E-state index is 13.0. The van der Waals surface area contributed by atoms with E-state index in [1.165, 1.54) is 4.90 Å². The Labute approximate surface area is 178 Å². The lowest BCUT2D eigenvalue weighted by Crippen LogP contribution is -2.46. The quantitative estimate of drug-likeness (QED) is 0.601. The number of imide groups is 1. The number of hydrogen-bond acceptors (Lipinski definition) is 7. The maximum Gasteiger partial charge on any atom is 0.251 e. The summed E-state index contributed by atoms with van der Waals surface area (Å²) in [5, 5.41) is 15.0. The number of aromatic nitrogens is 4. The summed E-state index contributed by atoms with van der Waals surface area (Å²) in [5.74, 6) is 0.400. The van der Waals surface area contributed by atoms with E-state index in [2.05, 4.69) is 20.3 Å². The molecule has 0 bridgehead atoms. The molecule has 4 heterocycles. The molecule has 154 valence electrons. The van der Waals surface area contributed by atoms with Crippen LogP contribution in [0.2, 0.25) is 0 Å². The molecule has 0 radical (unpaired) electrons. The lowest BCUT2D eigenvalue weighted by Gasteiger charge is -2.34. The number of thiophene rings is 1. The molecule has 9 heteroatoms. The third-order valence-corrected chi connectivity index (χ3v) is 6.68. The van der Waals surface area contributed by atoms with Crippen LogP contribution in [0.1, 0.15) is 30.9 Å². The normalized spacial score (nSPS) is 21.0. The largest absolute Gasteiger partial charge is 0.291 e. The van der Waals surface area contributed by atoms with E-state index >= 15 is 0 Å². The topological polar surface area (TPSA) is 84.2 Å². The average molecular weight is 423 g/mol. The van der Waals surface area contributed by atoms with Gasteiger partial charge < -0.3 is 0 Å². The number of tetrazole rings is 1. The molecule has 30 heavy (non-hydrogen) atoms. The standard InChI is InChI=1S/C21H22N6O2S/c1-14-4-2-5-16(12-14)26-19(28)13-17(21(26)29)25-9-7-15(8-10-25)27-23-20(22-24-27)18-6-3-11-30-18/h2-6,11-12,15,17H,7-10,13H2,1H3/t17-/m0/s1. The van der Waals surface area contributed by atoms with Gasteiger partial charge in [-0.1, -0.05) is 18.2 Å². The number of likely N-dealkylation sites (tertiary alicyclic amines) is 1. The zero-order valence-electron chi connectivity index (χ0n) is 16.6. The number of nitrogens with zero attached hydrogens (tertiary/aromatic N) is 6. The fraction of sp³-hybridized carbons (Fsp3) is 0.381. The van der Waals surface area contributed by atoms with Crippen LogP contribution in [0.3, 0.4) is 0 Å². The average Bonchev–Trinajstić information content (AvgIpc) is 3.48. The molecule has 0 aliphatic carbocycles. The monoisotopic (exact) mass is 422 g/mol. The molecule has 3 aromatic rings. The predicted octanol–water partition coefficient (Wildman–Crippen LogP) is 2.68. The summed E-state index contributed by atoms with van der Waals surface area (Å²) in [5.41, 5.74) is 1.69. The van der Waals surface area contributed by atoms with Crippen molar-refractivity contribution in [3.63, 3.8) is 0 Å². The Morgan fingerprint density at radius 2 is 1.93 bits per heavy atom. The summed E-state index contributed by atoms with van der Waals surface area (Å²) in [7, 11) is 0. The number of rotatable bonds is 4. The van der Waals surface area contributed by atoms with E-state index in [-0.39, 0.29) is 30.3 Å². The molecular weight excluding hydrogens is 400 g/mol. The van der Waals surface area contributed by atoms with Crippen molar-refractivity contribution in [2.45, 2.75) is 38.3 Å².